The van der Waals surface area contributed by atoms with Crippen LogP contribution in [0.4, 0.5) is 0 Å². The standard InChI is InChI=1S/C14H17ClN2O3/c1-10(14(19)20)16-5-7-17(8-6-16)13(18)11-3-2-4-12(15)9-11/h2-4,9-10H,5-8H2,1H3,(H,19,20). The van der Waals surface area contributed by atoms with Crippen LogP contribution in [-0.2, 0) is 4.79 Å². The summed E-state index contributed by atoms with van der Waals surface area (Å²) in [6.07, 6.45) is 0. The molecule has 1 aliphatic rings. The van der Waals surface area contributed by atoms with Crippen LogP contribution in [0.1, 0.15) is 17.3 Å². The van der Waals surface area contributed by atoms with Crippen molar-refractivity contribution in [2.45, 2.75) is 13.0 Å². The SMILES string of the molecule is CC(C(=O)O)N1CCN(C(=O)c2cccc(Cl)c2)CC1. The minimum absolute atomic E-state index is 0.0601. The molecule has 1 heterocycles. The average molecular weight is 297 g/mol. The lowest BCUT2D eigenvalue weighted by Gasteiger charge is -2.36. The molecule has 0 bridgehead atoms. The first-order valence-electron chi connectivity index (χ1n) is 6.50. The van der Waals surface area contributed by atoms with Crippen LogP contribution in [0.2, 0.25) is 5.02 Å². The zero-order valence-corrected chi connectivity index (χ0v) is 12.0. The second kappa shape index (κ2) is 6.24. The van der Waals surface area contributed by atoms with Gasteiger partial charge >= 0.3 is 5.97 Å². The van der Waals surface area contributed by atoms with E-state index in [0.29, 0.717) is 36.8 Å². The Labute approximate surface area is 122 Å². The van der Waals surface area contributed by atoms with Gasteiger partial charge in [-0.1, -0.05) is 17.7 Å². The van der Waals surface area contributed by atoms with Crippen LogP contribution in [0.15, 0.2) is 24.3 Å². The number of carboxylic acids is 1. The molecule has 0 saturated carbocycles. The van der Waals surface area contributed by atoms with Gasteiger partial charge < -0.3 is 10.0 Å². The number of aliphatic carboxylic acids is 1. The van der Waals surface area contributed by atoms with Crippen LogP contribution in [0.25, 0.3) is 0 Å². The fraction of sp³-hybridized carbons (Fsp3) is 0.429. The van der Waals surface area contributed by atoms with Gasteiger partial charge in [0.15, 0.2) is 0 Å². The lowest BCUT2D eigenvalue weighted by Crippen LogP contribution is -2.53. The molecule has 0 spiro atoms. The normalized spacial score (nSPS) is 17.8. The van der Waals surface area contributed by atoms with Gasteiger partial charge in [-0.2, -0.15) is 0 Å². The van der Waals surface area contributed by atoms with Crippen molar-refractivity contribution in [3.8, 4) is 0 Å². The zero-order chi connectivity index (χ0) is 14.7. The molecule has 5 nitrogen and oxygen atoms in total. The third kappa shape index (κ3) is 3.29. The molecule has 1 aliphatic heterocycles. The van der Waals surface area contributed by atoms with E-state index in [1.165, 1.54) is 0 Å². The van der Waals surface area contributed by atoms with Gasteiger partial charge in [-0.05, 0) is 25.1 Å². The molecule has 0 radical (unpaired) electrons. The van der Waals surface area contributed by atoms with Crippen LogP contribution >= 0.6 is 11.6 Å². The van der Waals surface area contributed by atoms with E-state index in [4.69, 9.17) is 16.7 Å². The largest absolute Gasteiger partial charge is 0.480 e. The highest BCUT2D eigenvalue weighted by Crippen LogP contribution is 2.15. The number of rotatable bonds is 3. The van der Waals surface area contributed by atoms with Crippen molar-refractivity contribution in [1.29, 1.82) is 0 Å². The molecule has 1 amide bonds. The first kappa shape index (κ1) is 14.8. The smallest absolute Gasteiger partial charge is 0.320 e. The highest BCUT2D eigenvalue weighted by Gasteiger charge is 2.27. The minimum Gasteiger partial charge on any atom is -0.480 e. The van der Waals surface area contributed by atoms with Gasteiger partial charge in [0, 0.05) is 36.8 Å². The number of carbonyl (C=O) groups is 2. The Morgan fingerprint density at radius 2 is 1.90 bits per heavy atom. The fourth-order valence-corrected chi connectivity index (χ4v) is 2.46. The molecule has 20 heavy (non-hydrogen) atoms. The lowest BCUT2D eigenvalue weighted by atomic mass is 10.1. The Hall–Kier alpha value is -1.59. The lowest BCUT2D eigenvalue weighted by molar-refractivity contribution is -0.143. The number of piperazine rings is 1. The van der Waals surface area contributed by atoms with E-state index in [2.05, 4.69) is 0 Å². The summed E-state index contributed by atoms with van der Waals surface area (Å²) in [4.78, 5) is 26.8. The van der Waals surface area contributed by atoms with E-state index in [1.54, 1.807) is 36.1 Å². The Morgan fingerprint density at radius 3 is 2.45 bits per heavy atom. The van der Waals surface area contributed by atoms with Crippen LogP contribution in [-0.4, -0.2) is 59.0 Å². The van der Waals surface area contributed by atoms with Crippen molar-refractivity contribution in [1.82, 2.24) is 9.80 Å². The van der Waals surface area contributed by atoms with E-state index in [9.17, 15) is 9.59 Å². The van der Waals surface area contributed by atoms with Crippen molar-refractivity contribution < 1.29 is 14.7 Å². The fourth-order valence-electron chi connectivity index (χ4n) is 2.27. The summed E-state index contributed by atoms with van der Waals surface area (Å²) in [5.74, 6) is -0.894. The molecule has 108 valence electrons. The maximum absolute atomic E-state index is 12.3. The number of benzene rings is 1. The first-order chi connectivity index (χ1) is 9.49. The highest BCUT2D eigenvalue weighted by molar-refractivity contribution is 6.30. The summed E-state index contributed by atoms with van der Waals surface area (Å²) < 4.78 is 0. The molecule has 1 atom stereocenters. The maximum atomic E-state index is 12.3. The van der Waals surface area contributed by atoms with Crippen molar-refractivity contribution >= 4 is 23.5 Å². The summed E-state index contributed by atoms with van der Waals surface area (Å²) in [7, 11) is 0. The number of amides is 1. The topological polar surface area (TPSA) is 60.9 Å². The molecular weight excluding hydrogens is 280 g/mol. The van der Waals surface area contributed by atoms with Gasteiger partial charge in [0.2, 0.25) is 0 Å². The van der Waals surface area contributed by atoms with Crippen molar-refractivity contribution in [3.05, 3.63) is 34.9 Å². The van der Waals surface area contributed by atoms with Crippen molar-refractivity contribution in [2.75, 3.05) is 26.2 Å². The summed E-state index contributed by atoms with van der Waals surface area (Å²) in [6, 6.07) is 6.35. The average Bonchev–Trinajstić information content (AvgIpc) is 2.46. The molecule has 0 aliphatic carbocycles. The minimum atomic E-state index is -0.834. The van der Waals surface area contributed by atoms with E-state index in [-0.39, 0.29) is 5.91 Å². The zero-order valence-electron chi connectivity index (χ0n) is 11.3. The monoisotopic (exact) mass is 296 g/mol. The molecule has 1 aromatic carbocycles. The van der Waals surface area contributed by atoms with Gasteiger partial charge in [0.05, 0.1) is 0 Å². The molecule has 2 rings (SSSR count). The van der Waals surface area contributed by atoms with Gasteiger partial charge in [-0.3, -0.25) is 14.5 Å². The summed E-state index contributed by atoms with van der Waals surface area (Å²) in [6.45, 7) is 3.86. The van der Waals surface area contributed by atoms with Crippen LogP contribution in [0.5, 0.6) is 0 Å². The highest BCUT2D eigenvalue weighted by atomic mass is 35.5. The Kier molecular flexibility index (Phi) is 4.62. The second-order valence-corrected chi connectivity index (χ2v) is 5.29. The van der Waals surface area contributed by atoms with E-state index in [0.717, 1.165) is 0 Å². The summed E-state index contributed by atoms with van der Waals surface area (Å²) >= 11 is 5.88. The first-order valence-corrected chi connectivity index (χ1v) is 6.88. The quantitative estimate of drug-likeness (QED) is 0.920. The van der Waals surface area contributed by atoms with Crippen LogP contribution in [0.3, 0.4) is 0 Å². The van der Waals surface area contributed by atoms with E-state index in [1.807, 2.05) is 4.90 Å². The third-order valence-corrected chi connectivity index (χ3v) is 3.81. The van der Waals surface area contributed by atoms with Crippen molar-refractivity contribution in [3.63, 3.8) is 0 Å². The molecule has 6 heteroatoms. The van der Waals surface area contributed by atoms with Crippen LogP contribution in [0, 0.1) is 0 Å². The predicted octanol–water partition coefficient (Wildman–Crippen LogP) is 1.57. The number of hydrogen-bond acceptors (Lipinski definition) is 3. The molecule has 1 N–H and O–H groups in total. The number of halogens is 1. The number of carbonyl (C=O) groups excluding carboxylic acids is 1. The molecule has 1 fully saturated rings. The Balaban J connectivity index is 1.97. The van der Waals surface area contributed by atoms with Gasteiger partial charge in [-0.15, -0.1) is 0 Å². The number of nitrogens with zero attached hydrogens (tertiary/aromatic N) is 2. The van der Waals surface area contributed by atoms with Crippen LogP contribution < -0.4 is 0 Å². The second-order valence-electron chi connectivity index (χ2n) is 4.85. The third-order valence-electron chi connectivity index (χ3n) is 3.58. The van der Waals surface area contributed by atoms with Gasteiger partial charge in [0.25, 0.3) is 5.91 Å². The molecule has 1 saturated heterocycles. The molecule has 0 aromatic heterocycles. The summed E-state index contributed by atoms with van der Waals surface area (Å²) in [5.41, 5.74) is 0.567. The van der Waals surface area contributed by atoms with Crippen molar-refractivity contribution in [2.24, 2.45) is 0 Å². The molecule has 1 unspecified atom stereocenters. The Bertz CT molecular complexity index is 513. The van der Waals surface area contributed by atoms with Gasteiger partial charge in [0.1, 0.15) is 6.04 Å². The Morgan fingerprint density at radius 1 is 1.25 bits per heavy atom. The predicted molar refractivity (Wildman–Crippen MR) is 76.0 cm³/mol. The number of hydrogen-bond donors (Lipinski definition) is 1. The van der Waals surface area contributed by atoms with E-state index < -0.39 is 12.0 Å². The summed E-state index contributed by atoms with van der Waals surface area (Å²) in [5, 5.41) is 9.52. The van der Waals surface area contributed by atoms with Gasteiger partial charge in [-0.25, -0.2) is 0 Å². The maximum Gasteiger partial charge on any atom is 0.320 e. The number of carboxylic acid groups (broad SMARTS) is 1. The van der Waals surface area contributed by atoms with E-state index >= 15 is 0 Å². The molecular formula is C14H17ClN2O3. The molecule has 1 aromatic rings.